The maximum Gasteiger partial charge on any atom is 0.269 e. The number of rotatable bonds is 13. The average Bonchev–Trinajstić information content (AvgIpc) is 3.02. The van der Waals surface area contributed by atoms with Gasteiger partial charge in [0.05, 0.1) is 15.3 Å². The number of nitrogens with one attached hydrogen (secondary N) is 3. The molecule has 0 spiro atoms. The van der Waals surface area contributed by atoms with Crippen LogP contribution in [-0.4, -0.2) is 62.6 Å². The summed E-state index contributed by atoms with van der Waals surface area (Å²) in [4.78, 5) is 22.0. The highest BCUT2D eigenvalue weighted by Crippen LogP contribution is 2.28. The van der Waals surface area contributed by atoms with Crippen LogP contribution < -0.4 is 20.3 Å². The van der Waals surface area contributed by atoms with Crippen LogP contribution in [0.5, 0.6) is 0 Å². The molecule has 0 aliphatic heterocycles. The van der Waals surface area contributed by atoms with E-state index >= 15 is 0 Å². The van der Waals surface area contributed by atoms with Crippen LogP contribution in [-0.2, 0) is 16.4 Å². The van der Waals surface area contributed by atoms with Gasteiger partial charge in [-0.05, 0) is 74.4 Å². The van der Waals surface area contributed by atoms with E-state index in [2.05, 4.69) is 15.4 Å². The fourth-order valence-corrected chi connectivity index (χ4v) is 6.95. The second-order valence-electron chi connectivity index (χ2n) is 11.6. The third kappa shape index (κ3) is 8.07. The molecule has 0 radical (unpaired) electrons. The van der Waals surface area contributed by atoms with Crippen LogP contribution in [0.15, 0.2) is 83.8 Å². The summed E-state index contributed by atoms with van der Waals surface area (Å²) in [5.41, 5.74) is 1.78. The normalized spacial score (nSPS) is 17.7. The molecule has 1 heterocycles. The van der Waals surface area contributed by atoms with Crippen LogP contribution >= 0.6 is 0 Å². The number of anilines is 2. The molecule has 232 valence electrons. The van der Waals surface area contributed by atoms with Gasteiger partial charge in [-0.2, -0.15) is 4.98 Å². The van der Waals surface area contributed by atoms with E-state index in [4.69, 9.17) is 9.97 Å². The Hall–Kier alpha value is -4.13. The number of fused-ring (bicyclic) bond motifs is 1. The fourth-order valence-electron chi connectivity index (χ4n) is 5.71. The maximum absolute atomic E-state index is 13.2. The third-order valence-corrected chi connectivity index (χ3v) is 9.55. The molecule has 1 saturated carbocycles. The van der Waals surface area contributed by atoms with E-state index in [0.717, 1.165) is 54.5 Å². The predicted molar refractivity (Wildman–Crippen MR) is 173 cm³/mol. The summed E-state index contributed by atoms with van der Waals surface area (Å²) in [7, 11) is 0.103. The van der Waals surface area contributed by atoms with Gasteiger partial charge < -0.3 is 15.5 Å². The number of nitro benzene ring substituents is 1. The van der Waals surface area contributed by atoms with Gasteiger partial charge in [-0.3, -0.25) is 10.1 Å². The highest BCUT2D eigenvalue weighted by molar-refractivity contribution is 7.89. The molecule has 5 rings (SSSR count). The largest absolute Gasteiger partial charge is 0.362 e. The first-order valence-electron chi connectivity index (χ1n) is 14.9. The summed E-state index contributed by atoms with van der Waals surface area (Å²) in [6.07, 6.45) is 4.59. The number of benzene rings is 3. The highest BCUT2D eigenvalue weighted by atomic mass is 32.2. The quantitative estimate of drug-likeness (QED) is 0.143. The van der Waals surface area contributed by atoms with E-state index in [1.54, 1.807) is 0 Å². The van der Waals surface area contributed by atoms with Crippen molar-refractivity contribution >= 4 is 38.4 Å². The smallest absolute Gasteiger partial charge is 0.269 e. The van der Waals surface area contributed by atoms with Gasteiger partial charge in [0.25, 0.3) is 5.69 Å². The lowest BCUT2D eigenvalue weighted by Gasteiger charge is -2.30. The number of aromatic nitrogens is 2. The molecule has 0 unspecified atom stereocenters. The number of para-hydroxylation sites is 1. The lowest BCUT2D eigenvalue weighted by atomic mass is 9.86. The molecule has 1 aromatic heterocycles. The zero-order chi connectivity index (χ0) is 31.1. The number of hydrogen-bond donors (Lipinski definition) is 3. The topological polar surface area (TPSA) is 142 Å². The number of nitrogens with zero attached hydrogens (tertiary/aromatic N) is 4. The summed E-state index contributed by atoms with van der Waals surface area (Å²) >= 11 is 0. The molecule has 11 nitrogen and oxygen atoms in total. The van der Waals surface area contributed by atoms with Crippen LogP contribution in [0.1, 0.15) is 31.2 Å². The molecule has 0 bridgehead atoms. The Morgan fingerprint density at radius 3 is 2.30 bits per heavy atom. The second-order valence-corrected chi connectivity index (χ2v) is 13.3. The first-order valence-corrected chi connectivity index (χ1v) is 16.4. The van der Waals surface area contributed by atoms with Crippen molar-refractivity contribution in [2.75, 3.05) is 37.4 Å². The van der Waals surface area contributed by atoms with Crippen LogP contribution in [0.4, 0.5) is 17.5 Å². The molecule has 0 saturated heterocycles. The summed E-state index contributed by atoms with van der Waals surface area (Å²) in [5, 5.41) is 19.1. The molecule has 0 amide bonds. The van der Waals surface area contributed by atoms with Gasteiger partial charge in [0, 0.05) is 50.2 Å². The van der Waals surface area contributed by atoms with E-state index in [0.29, 0.717) is 30.9 Å². The van der Waals surface area contributed by atoms with Crippen LogP contribution in [0.2, 0.25) is 0 Å². The van der Waals surface area contributed by atoms with Gasteiger partial charge in [-0.1, -0.05) is 42.5 Å². The summed E-state index contributed by atoms with van der Waals surface area (Å²) < 4.78 is 29.2. The molecule has 1 aliphatic rings. The molecule has 1 atom stereocenters. The Labute approximate surface area is 258 Å². The zero-order valence-corrected chi connectivity index (χ0v) is 25.8. The Balaban J connectivity index is 1.16. The lowest BCUT2D eigenvalue weighted by molar-refractivity contribution is -0.384. The Bertz CT molecular complexity index is 1660. The Kier molecular flexibility index (Phi) is 10.0. The van der Waals surface area contributed by atoms with Crippen LogP contribution in [0.25, 0.3) is 10.9 Å². The van der Waals surface area contributed by atoms with E-state index in [1.807, 2.05) is 73.6 Å². The first kappa shape index (κ1) is 31.3. The van der Waals surface area contributed by atoms with Crippen molar-refractivity contribution in [1.82, 2.24) is 20.0 Å². The van der Waals surface area contributed by atoms with Gasteiger partial charge >= 0.3 is 0 Å². The SMILES string of the molecule is CN(C)c1nc(NC2CCC(CNC[C@H](Cc3ccccc3)NS(=O)(=O)c3ccc([N+](=O)[O-])cc3)CC2)nc2ccccc12. The number of sulfonamides is 1. The van der Waals surface area contributed by atoms with Gasteiger partial charge in [-0.15, -0.1) is 0 Å². The van der Waals surface area contributed by atoms with E-state index < -0.39 is 21.0 Å². The number of non-ortho nitro benzene ring substituents is 1. The molecule has 3 aromatic carbocycles. The maximum atomic E-state index is 13.2. The molecular formula is C32H39N7O4S. The van der Waals surface area contributed by atoms with Crippen molar-refractivity contribution in [3.63, 3.8) is 0 Å². The number of nitro groups is 1. The molecule has 12 heteroatoms. The Morgan fingerprint density at radius 1 is 0.932 bits per heavy atom. The standard InChI is InChI=1S/C32H39N7O4S/c1-38(2)31-29-10-6-7-11-30(29)35-32(36-31)34-25-14-12-24(13-15-25)21-33-22-26(20-23-8-4-3-5-9-23)37-44(42,43)28-18-16-27(17-19-28)39(40)41/h3-11,16-19,24-26,33,37H,12-15,20-22H2,1-2H3,(H,34,35,36)/t24?,25?,26-/m0/s1. The minimum absolute atomic E-state index is 0.0000737. The van der Waals surface area contributed by atoms with Crippen molar-refractivity contribution in [3.05, 3.63) is 94.5 Å². The van der Waals surface area contributed by atoms with Gasteiger partial charge in [-0.25, -0.2) is 18.1 Å². The van der Waals surface area contributed by atoms with Gasteiger partial charge in [0.1, 0.15) is 5.82 Å². The van der Waals surface area contributed by atoms with Crippen molar-refractivity contribution < 1.29 is 13.3 Å². The van der Waals surface area contributed by atoms with Crippen molar-refractivity contribution in [1.29, 1.82) is 0 Å². The van der Waals surface area contributed by atoms with E-state index in [-0.39, 0.29) is 10.6 Å². The van der Waals surface area contributed by atoms with Crippen molar-refractivity contribution in [2.45, 2.75) is 49.1 Å². The third-order valence-electron chi connectivity index (χ3n) is 8.02. The van der Waals surface area contributed by atoms with Crippen molar-refractivity contribution in [3.8, 4) is 0 Å². The molecular weight excluding hydrogens is 578 g/mol. The number of hydrogen-bond acceptors (Lipinski definition) is 9. The second kappa shape index (κ2) is 14.1. The van der Waals surface area contributed by atoms with E-state index in [1.165, 1.54) is 24.3 Å². The average molecular weight is 618 g/mol. The molecule has 4 aromatic rings. The van der Waals surface area contributed by atoms with Gasteiger partial charge in [0.2, 0.25) is 16.0 Å². The van der Waals surface area contributed by atoms with Gasteiger partial charge in [0.15, 0.2) is 0 Å². The van der Waals surface area contributed by atoms with Crippen molar-refractivity contribution in [2.24, 2.45) is 5.92 Å². The minimum Gasteiger partial charge on any atom is -0.362 e. The molecule has 3 N–H and O–H groups in total. The van der Waals surface area contributed by atoms with E-state index in [9.17, 15) is 18.5 Å². The summed E-state index contributed by atoms with van der Waals surface area (Å²) in [6.45, 7) is 1.24. The summed E-state index contributed by atoms with van der Waals surface area (Å²) in [6, 6.07) is 22.6. The molecule has 1 aliphatic carbocycles. The molecule has 44 heavy (non-hydrogen) atoms. The monoisotopic (exact) mass is 617 g/mol. The Morgan fingerprint density at radius 2 is 1.61 bits per heavy atom. The van der Waals surface area contributed by atoms with Crippen LogP contribution in [0, 0.1) is 16.0 Å². The lowest BCUT2D eigenvalue weighted by Crippen LogP contribution is -2.44. The summed E-state index contributed by atoms with van der Waals surface area (Å²) in [5.74, 6) is 2.02. The first-order chi connectivity index (χ1) is 21.2. The fraction of sp³-hybridized carbons (Fsp3) is 0.375. The molecule has 1 fully saturated rings. The highest BCUT2D eigenvalue weighted by Gasteiger charge is 2.24. The van der Waals surface area contributed by atoms with Crippen LogP contribution in [0.3, 0.4) is 0 Å². The predicted octanol–water partition coefficient (Wildman–Crippen LogP) is 4.75. The zero-order valence-electron chi connectivity index (χ0n) is 25.0. The minimum atomic E-state index is -3.87.